The molecule has 0 aromatic heterocycles. The first-order valence-electron chi connectivity index (χ1n) is 6.16. The summed E-state index contributed by atoms with van der Waals surface area (Å²) in [6, 6.07) is 11.4. The Hall–Kier alpha value is -0.740. The summed E-state index contributed by atoms with van der Waals surface area (Å²) in [5.74, 6) is 0.823. The lowest BCUT2D eigenvalue weighted by molar-refractivity contribution is 0.301. The quantitative estimate of drug-likeness (QED) is 0.812. The van der Waals surface area contributed by atoms with Gasteiger partial charge >= 0.3 is 0 Å². The van der Waals surface area contributed by atoms with Gasteiger partial charge in [0.1, 0.15) is 12.4 Å². The third kappa shape index (κ3) is 3.89. The van der Waals surface area contributed by atoms with Crippen LogP contribution in [0.3, 0.4) is 0 Å². The van der Waals surface area contributed by atoms with Crippen LogP contribution in [0.5, 0.6) is 5.75 Å². The van der Waals surface area contributed by atoms with E-state index in [4.69, 9.17) is 33.7 Å². The van der Waals surface area contributed by atoms with Crippen molar-refractivity contribution < 1.29 is 4.74 Å². The lowest BCUT2D eigenvalue weighted by Crippen LogP contribution is -2.06. The second kappa shape index (κ2) is 7.32. The van der Waals surface area contributed by atoms with E-state index in [0.29, 0.717) is 23.2 Å². The number of rotatable bonds is 5. The van der Waals surface area contributed by atoms with Crippen molar-refractivity contribution in [2.45, 2.75) is 13.0 Å². The average molecular weight is 375 g/mol. The number of benzene rings is 2. The monoisotopic (exact) mass is 373 g/mol. The number of para-hydroxylation sites is 1. The maximum Gasteiger partial charge on any atom is 0.137 e. The minimum absolute atomic E-state index is 0.428. The molecular weight excluding hydrogens is 361 g/mol. The van der Waals surface area contributed by atoms with E-state index in [1.807, 2.05) is 30.3 Å². The van der Waals surface area contributed by atoms with E-state index in [1.54, 1.807) is 6.07 Å². The highest BCUT2D eigenvalue weighted by Gasteiger charge is 2.08. The first-order chi connectivity index (χ1) is 9.61. The Morgan fingerprint density at radius 2 is 1.90 bits per heavy atom. The molecule has 2 nitrogen and oxygen atoms in total. The number of ether oxygens (including phenoxy) is 1. The SMILES string of the molecule is NCCc1cccc(Br)c1OCc1ccc(Cl)c(Cl)c1. The van der Waals surface area contributed by atoms with Crippen LogP contribution in [0, 0.1) is 0 Å². The Morgan fingerprint density at radius 1 is 1.10 bits per heavy atom. The van der Waals surface area contributed by atoms with Gasteiger partial charge < -0.3 is 10.5 Å². The lowest BCUT2D eigenvalue weighted by Gasteiger charge is -2.13. The van der Waals surface area contributed by atoms with Gasteiger partial charge in [0, 0.05) is 0 Å². The van der Waals surface area contributed by atoms with Gasteiger partial charge in [0.2, 0.25) is 0 Å². The molecule has 2 aromatic rings. The molecule has 0 bridgehead atoms. The van der Waals surface area contributed by atoms with Crippen molar-refractivity contribution in [3.05, 3.63) is 62.0 Å². The summed E-state index contributed by atoms with van der Waals surface area (Å²) in [5.41, 5.74) is 7.67. The minimum Gasteiger partial charge on any atom is -0.487 e. The second-order valence-electron chi connectivity index (χ2n) is 4.30. The van der Waals surface area contributed by atoms with Crippen molar-refractivity contribution in [1.29, 1.82) is 0 Å². The van der Waals surface area contributed by atoms with Gasteiger partial charge in [-0.2, -0.15) is 0 Å². The average Bonchev–Trinajstić information content (AvgIpc) is 2.42. The Bertz CT molecular complexity index is 604. The molecule has 0 unspecified atom stereocenters. The molecule has 0 atom stereocenters. The maximum atomic E-state index is 5.99. The van der Waals surface area contributed by atoms with Crippen molar-refractivity contribution in [2.24, 2.45) is 5.73 Å². The third-order valence-corrected chi connectivity index (χ3v) is 4.19. The molecule has 0 saturated heterocycles. The fourth-order valence-electron chi connectivity index (χ4n) is 1.85. The number of nitrogens with two attached hydrogens (primary N) is 1. The highest BCUT2D eigenvalue weighted by molar-refractivity contribution is 9.10. The van der Waals surface area contributed by atoms with Gasteiger partial charge in [0.15, 0.2) is 0 Å². The van der Waals surface area contributed by atoms with Crippen molar-refractivity contribution in [3.63, 3.8) is 0 Å². The van der Waals surface area contributed by atoms with Gasteiger partial charge in [-0.25, -0.2) is 0 Å². The summed E-state index contributed by atoms with van der Waals surface area (Å²) >= 11 is 15.4. The Morgan fingerprint density at radius 3 is 2.60 bits per heavy atom. The fourth-order valence-corrected chi connectivity index (χ4v) is 2.69. The first kappa shape index (κ1) is 15.6. The molecule has 0 spiro atoms. The number of hydrogen-bond donors (Lipinski definition) is 1. The molecule has 2 rings (SSSR count). The Kier molecular flexibility index (Phi) is 5.73. The first-order valence-corrected chi connectivity index (χ1v) is 7.71. The van der Waals surface area contributed by atoms with Crippen molar-refractivity contribution in [1.82, 2.24) is 0 Å². The molecule has 0 aliphatic rings. The highest BCUT2D eigenvalue weighted by Crippen LogP contribution is 2.30. The summed E-state index contributed by atoms with van der Waals surface area (Å²) in [6.07, 6.45) is 0.774. The standard InChI is InChI=1S/C15H14BrCl2NO/c16-12-3-1-2-11(6-7-19)15(12)20-9-10-4-5-13(17)14(18)8-10/h1-5,8H,6-7,9,19H2. The largest absolute Gasteiger partial charge is 0.487 e. The van der Waals surface area contributed by atoms with Crippen molar-refractivity contribution in [3.8, 4) is 5.75 Å². The van der Waals surface area contributed by atoms with E-state index in [1.165, 1.54) is 0 Å². The van der Waals surface area contributed by atoms with Crippen molar-refractivity contribution >= 4 is 39.1 Å². The topological polar surface area (TPSA) is 35.2 Å². The van der Waals surface area contributed by atoms with Crippen LogP contribution >= 0.6 is 39.1 Å². The molecule has 0 aliphatic carbocycles. The van der Waals surface area contributed by atoms with Crippen LogP contribution < -0.4 is 10.5 Å². The normalized spacial score (nSPS) is 10.6. The molecule has 0 heterocycles. The summed E-state index contributed by atoms with van der Waals surface area (Å²) in [5, 5.41) is 1.07. The summed E-state index contributed by atoms with van der Waals surface area (Å²) in [6.45, 7) is 1.01. The molecule has 5 heteroatoms. The van der Waals surface area contributed by atoms with Crippen molar-refractivity contribution in [2.75, 3.05) is 6.54 Å². The van der Waals surface area contributed by atoms with Gasteiger partial charge in [0.25, 0.3) is 0 Å². The Balaban J connectivity index is 2.15. The molecule has 0 saturated carbocycles. The molecule has 0 aliphatic heterocycles. The zero-order valence-corrected chi connectivity index (χ0v) is 13.8. The highest BCUT2D eigenvalue weighted by atomic mass is 79.9. The van der Waals surface area contributed by atoms with E-state index in [9.17, 15) is 0 Å². The fraction of sp³-hybridized carbons (Fsp3) is 0.200. The van der Waals surface area contributed by atoms with Crippen LogP contribution in [0.2, 0.25) is 10.0 Å². The smallest absolute Gasteiger partial charge is 0.137 e. The molecule has 2 aromatic carbocycles. The summed E-state index contributed by atoms with van der Waals surface area (Å²) < 4.78 is 6.82. The molecular formula is C15H14BrCl2NO. The van der Waals surface area contributed by atoms with Crippen LogP contribution in [0.1, 0.15) is 11.1 Å². The van der Waals surface area contributed by atoms with Crippen LogP contribution in [0.4, 0.5) is 0 Å². The Labute approximate surface area is 137 Å². The van der Waals surface area contributed by atoms with Gasteiger partial charge in [-0.1, -0.05) is 41.4 Å². The van der Waals surface area contributed by atoms with Crippen LogP contribution in [0.15, 0.2) is 40.9 Å². The van der Waals surface area contributed by atoms with Crippen LogP contribution in [-0.2, 0) is 13.0 Å². The second-order valence-corrected chi connectivity index (χ2v) is 5.97. The van der Waals surface area contributed by atoms with E-state index < -0.39 is 0 Å². The van der Waals surface area contributed by atoms with Gasteiger partial charge in [-0.15, -0.1) is 0 Å². The molecule has 0 fully saturated rings. The van der Waals surface area contributed by atoms with Crippen LogP contribution in [-0.4, -0.2) is 6.54 Å². The molecule has 106 valence electrons. The molecule has 0 amide bonds. The molecule has 2 N–H and O–H groups in total. The maximum absolute atomic E-state index is 5.99. The predicted molar refractivity (Wildman–Crippen MR) is 87.7 cm³/mol. The summed E-state index contributed by atoms with van der Waals surface area (Å²) in [7, 11) is 0. The number of hydrogen-bond acceptors (Lipinski definition) is 2. The number of halogens is 3. The zero-order valence-electron chi connectivity index (χ0n) is 10.7. The predicted octanol–water partition coefficient (Wildman–Crippen LogP) is 4.84. The van der Waals surface area contributed by atoms with E-state index >= 15 is 0 Å². The van der Waals surface area contributed by atoms with E-state index in [0.717, 1.165) is 27.8 Å². The molecule has 20 heavy (non-hydrogen) atoms. The van der Waals surface area contributed by atoms with E-state index in [-0.39, 0.29) is 0 Å². The van der Waals surface area contributed by atoms with Gasteiger partial charge in [0.05, 0.1) is 14.5 Å². The molecule has 0 radical (unpaired) electrons. The van der Waals surface area contributed by atoms with Gasteiger partial charge in [-0.3, -0.25) is 0 Å². The summed E-state index contributed by atoms with van der Waals surface area (Å²) in [4.78, 5) is 0. The zero-order chi connectivity index (χ0) is 14.5. The lowest BCUT2D eigenvalue weighted by atomic mass is 10.1. The third-order valence-electron chi connectivity index (χ3n) is 2.83. The van der Waals surface area contributed by atoms with Crippen LogP contribution in [0.25, 0.3) is 0 Å². The minimum atomic E-state index is 0.428. The van der Waals surface area contributed by atoms with Gasteiger partial charge in [-0.05, 0) is 58.2 Å². The van der Waals surface area contributed by atoms with E-state index in [2.05, 4.69) is 15.9 Å².